The highest BCUT2D eigenvalue weighted by molar-refractivity contribution is 6.30. The normalized spacial score (nSPS) is 11.9. The SMILES string of the molecule is Cc1ccc(Cl)cc1C(CCO)N=[N+]=[N-]. The molecule has 0 aliphatic carbocycles. The van der Waals surface area contributed by atoms with E-state index in [1.807, 2.05) is 13.0 Å². The lowest BCUT2D eigenvalue weighted by molar-refractivity contribution is 0.276. The molecule has 80 valence electrons. The van der Waals surface area contributed by atoms with Crippen LogP contribution in [0, 0.1) is 6.92 Å². The van der Waals surface area contributed by atoms with Gasteiger partial charge >= 0.3 is 0 Å². The number of rotatable bonds is 4. The smallest absolute Gasteiger partial charge is 0.0650 e. The predicted molar refractivity (Wildman–Crippen MR) is 59.8 cm³/mol. The molecule has 15 heavy (non-hydrogen) atoms. The monoisotopic (exact) mass is 225 g/mol. The molecule has 5 heteroatoms. The number of hydrogen-bond donors (Lipinski definition) is 1. The first-order valence-corrected chi connectivity index (χ1v) is 4.98. The van der Waals surface area contributed by atoms with E-state index >= 15 is 0 Å². The number of aliphatic hydroxyl groups is 1. The molecule has 1 aromatic carbocycles. The fourth-order valence-corrected chi connectivity index (χ4v) is 1.61. The van der Waals surface area contributed by atoms with Crippen LogP contribution in [0.4, 0.5) is 0 Å². The molecule has 1 rings (SSSR count). The fourth-order valence-electron chi connectivity index (χ4n) is 1.43. The molecule has 0 spiro atoms. The largest absolute Gasteiger partial charge is 0.396 e. The van der Waals surface area contributed by atoms with Gasteiger partial charge in [0.05, 0.1) is 6.04 Å². The average molecular weight is 226 g/mol. The van der Waals surface area contributed by atoms with Gasteiger partial charge in [-0.1, -0.05) is 22.8 Å². The van der Waals surface area contributed by atoms with Crippen molar-refractivity contribution in [1.82, 2.24) is 0 Å². The lowest BCUT2D eigenvalue weighted by atomic mass is 10.00. The molecule has 0 heterocycles. The van der Waals surface area contributed by atoms with Crippen molar-refractivity contribution in [3.8, 4) is 0 Å². The van der Waals surface area contributed by atoms with E-state index in [0.29, 0.717) is 11.4 Å². The molecule has 0 fully saturated rings. The van der Waals surface area contributed by atoms with Crippen molar-refractivity contribution >= 4 is 11.6 Å². The van der Waals surface area contributed by atoms with Crippen LogP contribution in [0.25, 0.3) is 10.4 Å². The molecule has 0 amide bonds. The molecule has 0 saturated heterocycles. The van der Waals surface area contributed by atoms with Crippen molar-refractivity contribution in [2.24, 2.45) is 5.11 Å². The highest BCUT2D eigenvalue weighted by atomic mass is 35.5. The Labute approximate surface area is 93.1 Å². The summed E-state index contributed by atoms with van der Waals surface area (Å²) in [6.45, 7) is 1.90. The Morgan fingerprint density at radius 1 is 1.60 bits per heavy atom. The molecule has 1 unspecified atom stereocenters. The van der Waals surface area contributed by atoms with Gasteiger partial charge in [0.1, 0.15) is 0 Å². The van der Waals surface area contributed by atoms with E-state index in [0.717, 1.165) is 11.1 Å². The minimum atomic E-state index is -0.348. The highest BCUT2D eigenvalue weighted by Gasteiger charge is 2.11. The van der Waals surface area contributed by atoms with E-state index < -0.39 is 0 Å². The predicted octanol–water partition coefficient (Wildman–Crippen LogP) is 3.38. The number of halogens is 1. The van der Waals surface area contributed by atoms with Gasteiger partial charge in [-0.3, -0.25) is 0 Å². The third-order valence-corrected chi connectivity index (χ3v) is 2.43. The highest BCUT2D eigenvalue weighted by Crippen LogP contribution is 2.27. The Balaban J connectivity index is 3.08. The van der Waals surface area contributed by atoms with Gasteiger partial charge in [-0.25, -0.2) is 0 Å². The van der Waals surface area contributed by atoms with Gasteiger partial charge in [0.15, 0.2) is 0 Å². The summed E-state index contributed by atoms with van der Waals surface area (Å²) in [7, 11) is 0. The van der Waals surface area contributed by atoms with Crippen LogP contribution in [0.5, 0.6) is 0 Å². The van der Waals surface area contributed by atoms with Crippen LogP contribution in [0.3, 0.4) is 0 Å². The average Bonchev–Trinajstić information content (AvgIpc) is 2.21. The number of nitrogens with zero attached hydrogens (tertiary/aromatic N) is 3. The van der Waals surface area contributed by atoms with Gasteiger partial charge in [-0.05, 0) is 42.1 Å². The summed E-state index contributed by atoms with van der Waals surface area (Å²) in [6, 6.07) is 5.08. The molecule has 0 radical (unpaired) electrons. The second-order valence-electron chi connectivity index (χ2n) is 3.23. The van der Waals surface area contributed by atoms with E-state index in [-0.39, 0.29) is 12.6 Å². The first kappa shape index (κ1) is 11.9. The molecular formula is C10H12ClN3O. The van der Waals surface area contributed by atoms with Crippen molar-refractivity contribution in [2.75, 3.05) is 6.61 Å². The summed E-state index contributed by atoms with van der Waals surface area (Å²) in [4.78, 5) is 2.77. The molecule has 1 aromatic rings. The Morgan fingerprint density at radius 3 is 2.93 bits per heavy atom. The van der Waals surface area contributed by atoms with Crippen molar-refractivity contribution < 1.29 is 5.11 Å². The fraction of sp³-hybridized carbons (Fsp3) is 0.400. The topological polar surface area (TPSA) is 69.0 Å². The second kappa shape index (κ2) is 5.61. The first-order chi connectivity index (χ1) is 7.19. The number of hydrogen-bond acceptors (Lipinski definition) is 2. The molecule has 0 aliphatic rings. The third kappa shape index (κ3) is 3.13. The number of aliphatic hydroxyl groups excluding tert-OH is 1. The van der Waals surface area contributed by atoms with Crippen molar-refractivity contribution in [3.05, 3.63) is 44.8 Å². The van der Waals surface area contributed by atoms with Crippen molar-refractivity contribution in [3.63, 3.8) is 0 Å². The summed E-state index contributed by atoms with van der Waals surface area (Å²) in [6.07, 6.45) is 0.408. The quantitative estimate of drug-likeness (QED) is 0.476. The van der Waals surface area contributed by atoms with Crippen LogP contribution in [-0.2, 0) is 0 Å². The molecule has 1 atom stereocenters. The van der Waals surface area contributed by atoms with E-state index in [4.69, 9.17) is 22.2 Å². The van der Waals surface area contributed by atoms with Crippen molar-refractivity contribution in [2.45, 2.75) is 19.4 Å². The van der Waals surface area contributed by atoms with Gasteiger partial charge < -0.3 is 5.11 Å². The Hall–Kier alpha value is -1.22. The van der Waals surface area contributed by atoms with E-state index in [9.17, 15) is 0 Å². The van der Waals surface area contributed by atoms with E-state index in [1.165, 1.54) is 0 Å². The zero-order chi connectivity index (χ0) is 11.3. The van der Waals surface area contributed by atoms with Crippen LogP contribution in [0.15, 0.2) is 23.3 Å². The van der Waals surface area contributed by atoms with Crippen LogP contribution < -0.4 is 0 Å². The molecule has 0 aromatic heterocycles. The number of benzene rings is 1. The summed E-state index contributed by atoms with van der Waals surface area (Å²) in [5, 5.41) is 13.1. The summed E-state index contributed by atoms with van der Waals surface area (Å²) in [5.41, 5.74) is 10.3. The number of azide groups is 1. The van der Waals surface area contributed by atoms with Gasteiger partial charge in [0.2, 0.25) is 0 Å². The van der Waals surface area contributed by atoms with Gasteiger partial charge in [0, 0.05) is 16.5 Å². The van der Waals surface area contributed by atoms with Crippen LogP contribution in [-0.4, -0.2) is 11.7 Å². The Kier molecular flexibility index (Phi) is 4.43. The molecule has 0 aliphatic heterocycles. The summed E-state index contributed by atoms with van der Waals surface area (Å²) >= 11 is 5.86. The van der Waals surface area contributed by atoms with Crippen LogP contribution in [0.1, 0.15) is 23.6 Å². The van der Waals surface area contributed by atoms with Crippen LogP contribution >= 0.6 is 11.6 Å². The maximum atomic E-state index is 8.87. The Bertz CT molecular complexity index is 388. The molecule has 0 bridgehead atoms. The molecular weight excluding hydrogens is 214 g/mol. The van der Waals surface area contributed by atoms with Gasteiger partial charge in [0.25, 0.3) is 0 Å². The maximum absolute atomic E-state index is 8.87. The molecule has 4 nitrogen and oxygen atoms in total. The van der Waals surface area contributed by atoms with E-state index in [2.05, 4.69) is 10.0 Å². The maximum Gasteiger partial charge on any atom is 0.0650 e. The molecule has 1 N–H and O–H groups in total. The first-order valence-electron chi connectivity index (χ1n) is 4.60. The zero-order valence-corrected chi connectivity index (χ0v) is 9.15. The van der Waals surface area contributed by atoms with Crippen LogP contribution in [0.2, 0.25) is 5.02 Å². The zero-order valence-electron chi connectivity index (χ0n) is 8.39. The molecule has 0 saturated carbocycles. The van der Waals surface area contributed by atoms with Gasteiger partial charge in [-0.2, -0.15) is 0 Å². The lowest BCUT2D eigenvalue weighted by Gasteiger charge is -2.13. The third-order valence-electron chi connectivity index (χ3n) is 2.19. The summed E-state index contributed by atoms with van der Waals surface area (Å²) in [5.74, 6) is 0. The Morgan fingerprint density at radius 2 is 2.33 bits per heavy atom. The summed E-state index contributed by atoms with van der Waals surface area (Å²) < 4.78 is 0. The van der Waals surface area contributed by atoms with Gasteiger partial charge in [-0.15, -0.1) is 0 Å². The standard InChI is InChI=1S/C10H12ClN3O/c1-7-2-3-8(11)6-9(7)10(4-5-15)13-14-12/h2-3,6,10,15H,4-5H2,1H3. The lowest BCUT2D eigenvalue weighted by Crippen LogP contribution is -2.00. The number of aryl methyl sites for hydroxylation is 1. The minimum Gasteiger partial charge on any atom is -0.396 e. The minimum absolute atomic E-state index is 0.0182. The van der Waals surface area contributed by atoms with E-state index in [1.54, 1.807) is 12.1 Å². The second-order valence-corrected chi connectivity index (χ2v) is 3.67. The van der Waals surface area contributed by atoms with Crippen molar-refractivity contribution in [1.29, 1.82) is 0 Å².